The molecule has 0 aromatic heterocycles. The van der Waals surface area contributed by atoms with Crippen LogP contribution in [0.3, 0.4) is 0 Å². The van der Waals surface area contributed by atoms with Crippen molar-refractivity contribution in [2.75, 3.05) is 13.6 Å². The molecule has 1 aliphatic carbocycles. The van der Waals surface area contributed by atoms with Crippen LogP contribution < -0.4 is 10.6 Å². The first-order valence-corrected chi connectivity index (χ1v) is 7.69. The van der Waals surface area contributed by atoms with Crippen molar-refractivity contribution in [1.82, 2.24) is 10.6 Å². The van der Waals surface area contributed by atoms with Gasteiger partial charge in [0.15, 0.2) is 0 Å². The summed E-state index contributed by atoms with van der Waals surface area (Å²) >= 11 is 5.94. The number of rotatable bonds is 7. The lowest BCUT2D eigenvalue weighted by Gasteiger charge is -2.19. The largest absolute Gasteiger partial charge is 0.349 e. The summed E-state index contributed by atoms with van der Waals surface area (Å²) in [5, 5.41) is 6.99. The van der Waals surface area contributed by atoms with Gasteiger partial charge in [0.2, 0.25) is 5.91 Å². The Kier molecular flexibility index (Phi) is 7.50. The second-order valence-corrected chi connectivity index (χ2v) is 6.12. The summed E-state index contributed by atoms with van der Waals surface area (Å²) in [6, 6.07) is 7.95. The van der Waals surface area contributed by atoms with Gasteiger partial charge in [-0.1, -0.05) is 30.7 Å². The molecule has 2 rings (SSSR count). The van der Waals surface area contributed by atoms with E-state index in [2.05, 4.69) is 17.6 Å². The normalized spacial score (nSPS) is 21.3. The molecule has 3 nitrogen and oxygen atoms in total. The van der Waals surface area contributed by atoms with E-state index < -0.39 is 0 Å². The van der Waals surface area contributed by atoms with Crippen LogP contribution in [0.2, 0.25) is 5.02 Å². The van der Waals surface area contributed by atoms with Gasteiger partial charge in [-0.25, -0.2) is 0 Å². The fourth-order valence-corrected chi connectivity index (χ4v) is 2.72. The quantitative estimate of drug-likeness (QED) is 0.750. The van der Waals surface area contributed by atoms with E-state index in [0.717, 1.165) is 23.6 Å². The van der Waals surface area contributed by atoms with Gasteiger partial charge in [-0.2, -0.15) is 0 Å². The van der Waals surface area contributed by atoms with Gasteiger partial charge in [0, 0.05) is 11.4 Å². The van der Waals surface area contributed by atoms with Crippen LogP contribution in [-0.2, 0) is 4.79 Å². The maximum absolute atomic E-state index is 12.0. The zero-order chi connectivity index (χ0) is 14.5. The third-order valence-corrected chi connectivity index (χ3v) is 4.23. The summed E-state index contributed by atoms with van der Waals surface area (Å²) in [5.74, 6) is 1.39. The van der Waals surface area contributed by atoms with Crippen LogP contribution in [0.25, 0.3) is 0 Å². The van der Waals surface area contributed by atoms with Crippen molar-refractivity contribution in [2.24, 2.45) is 11.8 Å². The van der Waals surface area contributed by atoms with Gasteiger partial charge >= 0.3 is 0 Å². The molecule has 2 N–H and O–H groups in total. The highest BCUT2D eigenvalue weighted by molar-refractivity contribution is 6.30. The minimum Gasteiger partial charge on any atom is -0.349 e. The lowest BCUT2D eigenvalue weighted by atomic mass is 10.0. The number of benzene rings is 1. The average molecular weight is 331 g/mol. The van der Waals surface area contributed by atoms with Crippen molar-refractivity contribution < 1.29 is 4.79 Å². The van der Waals surface area contributed by atoms with Crippen LogP contribution in [0.4, 0.5) is 0 Å². The van der Waals surface area contributed by atoms with E-state index in [0.29, 0.717) is 18.3 Å². The molecule has 1 aliphatic rings. The molecule has 1 fully saturated rings. The van der Waals surface area contributed by atoms with E-state index in [1.54, 1.807) is 0 Å². The number of nitrogens with one attached hydrogen (secondary N) is 2. The summed E-state index contributed by atoms with van der Waals surface area (Å²) < 4.78 is 0. The zero-order valence-electron chi connectivity index (χ0n) is 12.6. The number of carbonyl (C=O) groups excluding carboxylic acids is 1. The van der Waals surface area contributed by atoms with Crippen LogP contribution in [0.1, 0.15) is 37.8 Å². The Labute approximate surface area is 138 Å². The maximum Gasteiger partial charge on any atom is 0.220 e. The second-order valence-electron chi connectivity index (χ2n) is 5.68. The lowest BCUT2D eigenvalue weighted by molar-refractivity contribution is -0.122. The van der Waals surface area contributed by atoms with Crippen LogP contribution >= 0.6 is 24.0 Å². The van der Waals surface area contributed by atoms with Crippen molar-refractivity contribution in [3.63, 3.8) is 0 Å². The molecule has 118 valence electrons. The van der Waals surface area contributed by atoms with Crippen molar-refractivity contribution in [3.05, 3.63) is 34.9 Å². The van der Waals surface area contributed by atoms with E-state index >= 15 is 0 Å². The molecule has 0 aliphatic heterocycles. The number of amides is 1. The molecular weight excluding hydrogens is 307 g/mol. The SMILES string of the molecule is CNCCCC(=O)NC(c1ccc(Cl)cc1)C1CC1C.Cl. The van der Waals surface area contributed by atoms with E-state index in [9.17, 15) is 4.79 Å². The molecule has 0 saturated heterocycles. The number of hydrogen-bond acceptors (Lipinski definition) is 2. The highest BCUT2D eigenvalue weighted by Crippen LogP contribution is 2.47. The average Bonchev–Trinajstić information content (AvgIpc) is 3.14. The topological polar surface area (TPSA) is 41.1 Å². The van der Waals surface area contributed by atoms with Crippen molar-refractivity contribution >= 4 is 29.9 Å². The van der Waals surface area contributed by atoms with Crippen LogP contribution in [-0.4, -0.2) is 19.5 Å². The Balaban J connectivity index is 0.00000220. The van der Waals surface area contributed by atoms with Crippen LogP contribution in [0.5, 0.6) is 0 Å². The van der Waals surface area contributed by atoms with Gasteiger partial charge in [-0.3, -0.25) is 4.79 Å². The Morgan fingerprint density at radius 3 is 2.52 bits per heavy atom. The molecule has 21 heavy (non-hydrogen) atoms. The van der Waals surface area contributed by atoms with E-state index in [4.69, 9.17) is 11.6 Å². The molecule has 0 bridgehead atoms. The third-order valence-electron chi connectivity index (χ3n) is 3.98. The van der Waals surface area contributed by atoms with Gasteiger partial charge in [0.25, 0.3) is 0 Å². The third kappa shape index (κ3) is 5.50. The fraction of sp³-hybridized carbons (Fsp3) is 0.562. The summed E-state index contributed by atoms with van der Waals surface area (Å²) in [7, 11) is 1.90. The summed E-state index contributed by atoms with van der Waals surface area (Å²) in [6.45, 7) is 3.11. The molecule has 3 unspecified atom stereocenters. The predicted octanol–water partition coefficient (Wildman–Crippen LogP) is 3.57. The number of carbonyl (C=O) groups is 1. The zero-order valence-corrected chi connectivity index (χ0v) is 14.1. The molecule has 5 heteroatoms. The number of halogens is 2. The molecular formula is C16H24Cl2N2O. The van der Waals surface area contributed by atoms with Gasteiger partial charge in [-0.05, 0) is 56.0 Å². The lowest BCUT2D eigenvalue weighted by Crippen LogP contribution is -2.30. The molecule has 1 aromatic carbocycles. The smallest absolute Gasteiger partial charge is 0.220 e. The second kappa shape index (κ2) is 8.62. The molecule has 1 amide bonds. The standard InChI is InChI=1S/C16H23ClN2O.ClH/c1-11-10-14(11)16(12-5-7-13(17)8-6-12)19-15(20)4-3-9-18-2;/h5-8,11,14,16,18H,3-4,9-10H2,1-2H3,(H,19,20);1H. The molecule has 1 aromatic rings. The highest BCUT2D eigenvalue weighted by Gasteiger charge is 2.40. The molecule has 1 saturated carbocycles. The van der Waals surface area contributed by atoms with E-state index in [-0.39, 0.29) is 24.4 Å². The Morgan fingerprint density at radius 1 is 1.38 bits per heavy atom. The van der Waals surface area contributed by atoms with Gasteiger partial charge in [-0.15, -0.1) is 12.4 Å². The van der Waals surface area contributed by atoms with Gasteiger partial charge < -0.3 is 10.6 Å². The first kappa shape index (κ1) is 18.3. The summed E-state index contributed by atoms with van der Waals surface area (Å²) in [4.78, 5) is 12.0. The van der Waals surface area contributed by atoms with Crippen LogP contribution in [0.15, 0.2) is 24.3 Å². The van der Waals surface area contributed by atoms with E-state index in [1.165, 1.54) is 6.42 Å². The highest BCUT2D eigenvalue weighted by atomic mass is 35.5. The van der Waals surface area contributed by atoms with Crippen molar-refractivity contribution in [1.29, 1.82) is 0 Å². The van der Waals surface area contributed by atoms with Crippen molar-refractivity contribution in [2.45, 2.75) is 32.2 Å². The molecule has 0 heterocycles. The molecule has 0 radical (unpaired) electrons. The number of hydrogen-bond donors (Lipinski definition) is 2. The Bertz CT molecular complexity index is 450. The van der Waals surface area contributed by atoms with Crippen molar-refractivity contribution in [3.8, 4) is 0 Å². The molecule has 3 atom stereocenters. The Hall–Kier alpha value is -0.770. The van der Waals surface area contributed by atoms with Crippen LogP contribution in [0, 0.1) is 11.8 Å². The maximum atomic E-state index is 12.0. The fourth-order valence-electron chi connectivity index (χ4n) is 2.59. The Morgan fingerprint density at radius 2 is 2.00 bits per heavy atom. The van der Waals surface area contributed by atoms with Gasteiger partial charge in [0.05, 0.1) is 6.04 Å². The predicted molar refractivity (Wildman–Crippen MR) is 90.0 cm³/mol. The first-order chi connectivity index (χ1) is 9.61. The van der Waals surface area contributed by atoms with E-state index in [1.807, 2.05) is 31.3 Å². The minimum absolute atomic E-state index is 0. The monoisotopic (exact) mass is 330 g/mol. The summed E-state index contributed by atoms with van der Waals surface area (Å²) in [5.41, 5.74) is 1.16. The summed E-state index contributed by atoms with van der Waals surface area (Å²) in [6.07, 6.45) is 2.63. The first-order valence-electron chi connectivity index (χ1n) is 7.31. The molecule has 0 spiro atoms. The van der Waals surface area contributed by atoms with Gasteiger partial charge in [0.1, 0.15) is 0 Å². The minimum atomic E-state index is 0.